The van der Waals surface area contributed by atoms with Crippen LogP contribution >= 0.6 is 0 Å². The molecule has 1 saturated heterocycles. The van der Waals surface area contributed by atoms with Gasteiger partial charge < -0.3 is 11.1 Å². The largest absolute Gasteiger partial charge is 0.369 e. The summed E-state index contributed by atoms with van der Waals surface area (Å²) in [6.07, 6.45) is 2.28. The fourth-order valence-corrected chi connectivity index (χ4v) is 1.41. The topological polar surface area (TPSA) is 72.2 Å². The zero-order chi connectivity index (χ0) is 9.14. The molecule has 0 aromatic carbocycles. The summed E-state index contributed by atoms with van der Waals surface area (Å²) in [7, 11) is 0. The Balaban J connectivity index is 2.51. The van der Waals surface area contributed by atoms with E-state index >= 15 is 0 Å². The van der Waals surface area contributed by atoms with Gasteiger partial charge >= 0.3 is 0 Å². The lowest BCUT2D eigenvalue weighted by molar-refractivity contribution is -0.126. The van der Waals surface area contributed by atoms with Crippen LogP contribution in [0.5, 0.6) is 0 Å². The Morgan fingerprint density at radius 2 is 2.42 bits per heavy atom. The molecule has 4 nitrogen and oxygen atoms in total. The van der Waals surface area contributed by atoms with E-state index in [9.17, 15) is 9.59 Å². The Bertz CT molecular complexity index is 201. The van der Waals surface area contributed by atoms with Crippen LogP contribution < -0.4 is 11.1 Å². The van der Waals surface area contributed by atoms with Gasteiger partial charge in [0.2, 0.25) is 11.8 Å². The minimum absolute atomic E-state index is 0.0272. The highest BCUT2D eigenvalue weighted by Crippen LogP contribution is 2.15. The van der Waals surface area contributed by atoms with Crippen molar-refractivity contribution in [3.63, 3.8) is 0 Å². The lowest BCUT2D eigenvalue weighted by Crippen LogP contribution is -2.46. The summed E-state index contributed by atoms with van der Waals surface area (Å²) < 4.78 is 0. The quantitative estimate of drug-likeness (QED) is 0.601. The van der Waals surface area contributed by atoms with E-state index in [0.29, 0.717) is 6.42 Å². The first-order chi connectivity index (χ1) is 5.61. The van der Waals surface area contributed by atoms with Crippen molar-refractivity contribution >= 4 is 11.8 Å². The Morgan fingerprint density at radius 3 is 2.92 bits per heavy atom. The number of hydrogen-bond acceptors (Lipinski definition) is 2. The van der Waals surface area contributed by atoms with Crippen LogP contribution in [0.2, 0.25) is 0 Å². The van der Waals surface area contributed by atoms with Crippen LogP contribution in [0.4, 0.5) is 0 Å². The van der Waals surface area contributed by atoms with Crippen molar-refractivity contribution in [1.82, 2.24) is 5.32 Å². The summed E-state index contributed by atoms with van der Waals surface area (Å²) in [6.45, 7) is 1.75. The van der Waals surface area contributed by atoms with Crippen LogP contribution in [0.1, 0.15) is 26.2 Å². The zero-order valence-corrected chi connectivity index (χ0v) is 7.17. The molecule has 12 heavy (non-hydrogen) atoms. The third-order valence-electron chi connectivity index (χ3n) is 2.32. The second-order valence-corrected chi connectivity index (χ2v) is 3.26. The zero-order valence-electron chi connectivity index (χ0n) is 7.17. The first-order valence-corrected chi connectivity index (χ1v) is 4.20. The average Bonchev–Trinajstić information content (AvgIpc) is 2.03. The van der Waals surface area contributed by atoms with E-state index in [1.54, 1.807) is 6.92 Å². The molecule has 1 aliphatic heterocycles. The van der Waals surface area contributed by atoms with Gasteiger partial charge in [0, 0.05) is 12.5 Å². The van der Waals surface area contributed by atoms with Crippen molar-refractivity contribution in [1.29, 1.82) is 0 Å². The molecule has 0 spiro atoms. The van der Waals surface area contributed by atoms with Gasteiger partial charge in [-0.2, -0.15) is 0 Å². The van der Waals surface area contributed by atoms with Gasteiger partial charge in [0.25, 0.3) is 0 Å². The lowest BCUT2D eigenvalue weighted by Gasteiger charge is -2.26. The SMILES string of the molecule is CC(C(N)=O)C1CCCC(=O)N1. The number of nitrogens with one attached hydrogen (secondary N) is 1. The maximum atomic E-state index is 10.9. The molecular weight excluding hydrogens is 156 g/mol. The Morgan fingerprint density at radius 1 is 1.75 bits per heavy atom. The molecule has 0 aliphatic carbocycles. The highest BCUT2D eigenvalue weighted by atomic mass is 16.2. The normalized spacial score (nSPS) is 26.1. The van der Waals surface area contributed by atoms with Gasteiger partial charge in [-0.05, 0) is 12.8 Å². The van der Waals surface area contributed by atoms with Crippen molar-refractivity contribution in [3.05, 3.63) is 0 Å². The van der Waals surface area contributed by atoms with Crippen molar-refractivity contribution < 1.29 is 9.59 Å². The van der Waals surface area contributed by atoms with E-state index in [2.05, 4.69) is 5.32 Å². The molecule has 68 valence electrons. The third-order valence-corrected chi connectivity index (χ3v) is 2.32. The van der Waals surface area contributed by atoms with Crippen LogP contribution in [-0.2, 0) is 9.59 Å². The number of carbonyl (C=O) groups is 2. The molecule has 0 aromatic heterocycles. The first kappa shape index (κ1) is 9.03. The predicted molar refractivity (Wildman–Crippen MR) is 44.1 cm³/mol. The smallest absolute Gasteiger partial charge is 0.222 e. The first-order valence-electron chi connectivity index (χ1n) is 4.20. The summed E-state index contributed by atoms with van der Waals surface area (Å²) in [4.78, 5) is 21.7. The molecule has 0 aromatic rings. The monoisotopic (exact) mass is 170 g/mol. The predicted octanol–water partition coefficient (Wildman–Crippen LogP) is -0.223. The summed E-state index contributed by atoms with van der Waals surface area (Å²) in [5, 5.41) is 2.76. The molecule has 2 unspecified atom stereocenters. The van der Waals surface area contributed by atoms with E-state index < -0.39 is 0 Å². The van der Waals surface area contributed by atoms with E-state index in [-0.39, 0.29) is 23.8 Å². The van der Waals surface area contributed by atoms with Crippen LogP contribution in [0.3, 0.4) is 0 Å². The van der Waals surface area contributed by atoms with E-state index in [1.807, 2.05) is 0 Å². The Hall–Kier alpha value is -1.06. The van der Waals surface area contributed by atoms with Crippen LogP contribution in [0, 0.1) is 5.92 Å². The van der Waals surface area contributed by atoms with E-state index in [1.165, 1.54) is 0 Å². The summed E-state index contributed by atoms with van der Waals surface area (Å²) in [6, 6.07) is -0.0521. The number of piperidine rings is 1. The van der Waals surface area contributed by atoms with Crippen molar-refractivity contribution in [3.8, 4) is 0 Å². The van der Waals surface area contributed by atoms with Crippen LogP contribution in [0.25, 0.3) is 0 Å². The minimum atomic E-state index is -0.345. The highest BCUT2D eigenvalue weighted by Gasteiger charge is 2.26. The molecule has 2 amide bonds. The fourth-order valence-electron chi connectivity index (χ4n) is 1.41. The molecule has 0 radical (unpaired) electrons. The molecule has 4 heteroatoms. The maximum Gasteiger partial charge on any atom is 0.222 e. The summed E-state index contributed by atoms with van der Waals surface area (Å²) in [5.41, 5.74) is 5.12. The second-order valence-electron chi connectivity index (χ2n) is 3.26. The van der Waals surface area contributed by atoms with Crippen molar-refractivity contribution in [2.75, 3.05) is 0 Å². The number of amides is 2. The molecule has 3 N–H and O–H groups in total. The molecular formula is C8H14N2O2. The van der Waals surface area contributed by atoms with Crippen molar-refractivity contribution in [2.24, 2.45) is 11.7 Å². The molecule has 0 saturated carbocycles. The van der Waals surface area contributed by atoms with E-state index in [4.69, 9.17) is 5.73 Å². The third kappa shape index (κ3) is 1.96. The lowest BCUT2D eigenvalue weighted by atomic mass is 9.93. The van der Waals surface area contributed by atoms with Crippen LogP contribution in [-0.4, -0.2) is 17.9 Å². The number of hydrogen-bond donors (Lipinski definition) is 2. The average molecular weight is 170 g/mol. The molecule has 0 bridgehead atoms. The molecule has 2 atom stereocenters. The number of rotatable bonds is 2. The molecule has 1 rings (SSSR count). The molecule has 1 heterocycles. The number of nitrogens with two attached hydrogens (primary N) is 1. The standard InChI is InChI=1S/C8H14N2O2/c1-5(8(9)12)6-3-2-4-7(11)10-6/h5-6H,2-4H2,1H3,(H2,9,12)(H,10,11). The van der Waals surface area contributed by atoms with Gasteiger partial charge in [0.1, 0.15) is 0 Å². The maximum absolute atomic E-state index is 10.9. The summed E-state index contributed by atoms with van der Waals surface area (Å²) >= 11 is 0. The molecule has 1 aliphatic rings. The second kappa shape index (κ2) is 3.56. The number of primary amides is 1. The fraction of sp³-hybridized carbons (Fsp3) is 0.750. The minimum Gasteiger partial charge on any atom is -0.369 e. The Kier molecular flexibility index (Phi) is 2.68. The summed E-state index contributed by atoms with van der Waals surface area (Å²) in [5.74, 6) is -0.573. The number of carbonyl (C=O) groups excluding carboxylic acids is 2. The van der Waals surface area contributed by atoms with Gasteiger partial charge in [-0.25, -0.2) is 0 Å². The van der Waals surface area contributed by atoms with Gasteiger partial charge in [0.15, 0.2) is 0 Å². The molecule has 1 fully saturated rings. The van der Waals surface area contributed by atoms with E-state index in [0.717, 1.165) is 12.8 Å². The van der Waals surface area contributed by atoms with Gasteiger partial charge in [-0.3, -0.25) is 9.59 Å². The van der Waals surface area contributed by atoms with Gasteiger partial charge in [-0.15, -0.1) is 0 Å². The Labute approximate surface area is 71.5 Å². The van der Waals surface area contributed by atoms with Crippen molar-refractivity contribution in [2.45, 2.75) is 32.2 Å². The van der Waals surface area contributed by atoms with Gasteiger partial charge in [-0.1, -0.05) is 6.92 Å². The van der Waals surface area contributed by atoms with Crippen LogP contribution in [0.15, 0.2) is 0 Å². The highest BCUT2D eigenvalue weighted by molar-refractivity contribution is 5.80. The van der Waals surface area contributed by atoms with Gasteiger partial charge in [0.05, 0.1) is 5.92 Å².